The molecule has 102 valence electrons. The molecular weight excluding hydrogens is 361 g/mol. The van der Waals surface area contributed by atoms with Gasteiger partial charge in [0, 0.05) is 16.8 Å². The van der Waals surface area contributed by atoms with Crippen molar-refractivity contribution >= 4 is 28.5 Å². The van der Waals surface area contributed by atoms with Crippen molar-refractivity contribution in [3.63, 3.8) is 0 Å². The van der Waals surface area contributed by atoms with Crippen molar-refractivity contribution in [2.24, 2.45) is 0 Å². The normalized spacial score (nSPS) is 11.2. The molecule has 0 saturated heterocycles. The third-order valence-corrected chi connectivity index (χ3v) is 4.04. The van der Waals surface area contributed by atoms with Gasteiger partial charge in [-0.2, -0.15) is 4.52 Å². The van der Waals surface area contributed by atoms with Gasteiger partial charge in [-0.05, 0) is 20.8 Å². The Morgan fingerprint density at radius 1 is 1.11 bits per heavy atom. The SMILES string of the molecule is Cc1c(C)n2c(CNC(=O)CI)c(C)c(=O)n2c1=O. The number of aryl methyl sites for hydroxylation is 1. The molecule has 0 unspecified atom stereocenters. The molecule has 0 aliphatic heterocycles. The summed E-state index contributed by atoms with van der Waals surface area (Å²) >= 11 is 1.97. The zero-order valence-electron chi connectivity index (χ0n) is 10.9. The predicted molar refractivity (Wildman–Crippen MR) is 79.5 cm³/mol. The van der Waals surface area contributed by atoms with Crippen molar-refractivity contribution in [3.05, 3.63) is 43.2 Å². The maximum absolute atomic E-state index is 12.1. The summed E-state index contributed by atoms with van der Waals surface area (Å²) in [7, 11) is 0. The number of alkyl halides is 1. The Bertz CT molecular complexity index is 760. The number of nitrogens with one attached hydrogen (secondary N) is 1. The highest BCUT2D eigenvalue weighted by molar-refractivity contribution is 14.1. The van der Waals surface area contributed by atoms with Crippen molar-refractivity contribution in [2.45, 2.75) is 27.3 Å². The molecule has 2 heterocycles. The van der Waals surface area contributed by atoms with E-state index in [1.807, 2.05) is 22.6 Å². The largest absolute Gasteiger partial charge is 0.350 e. The molecule has 2 rings (SSSR count). The van der Waals surface area contributed by atoms with Crippen LogP contribution in [-0.2, 0) is 11.3 Å². The summed E-state index contributed by atoms with van der Waals surface area (Å²) in [5.41, 5.74) is 1.82. The summed E-state index contributed by atoms with van der Waals surface area (Å²) < 4.78 is 3.09. The molecule has 0 radical (unpaired) electrons. The molecule has 0 spiro atoms. The minimum Gasteiger partial charge on any atom is -0.350 e. The third kappa shape index (κ3) is 2.05. The van der Waals surface area contributed by atoms with Crippen LogP contribution in [-0.4, -0.2) is 19.4 Å². The summed E-state index contributed by atoms with van der Waals surface area (Å²) in [6, 6.07) is 0. The van der Waals surface area contributed by atoms with Crippen LogP contribution >= 0.6 is 22.6 Å². The van der Waals surface area contributed by atoms with Gasteiger partial charge in [0.2, 0.25) is 5.91 Å². The number of aromatic nitrogens is 2. The number of fused-ring (bicyclic) bond motifs is 1. The summed E-state index contributed by atoms with van der Waals surface area (Å²) in [4.78, 5) is 35.4. The van der Waals surface area contributed by atoms with Gasteiger partial charge in [0.15, 0.2) is 0 Å². The van der Waals surface area contributed by atoms with E-state index >= 15 is 0 Å². The fourth-order valence-corrected chi connectivity index (χ4v) is 2.37. The standard InChI is InChI=1S/C12H14IN3O3/c1-6-8(3)15-9(5-14-10(17)4-13)7(2)12(19)16(15)11(6)18/h4-5H2,1-3H3,(H,14,17). The summed E-state index contributed by atoms with van der Waals surface area (Å²) in [6.07, 6.45) is 0. The fraction of sp³-hybridized carbons (Fsp3) is 0.417. The number of nitrogens with zero attached hydrogens (tertiary/aromatic N) is 2. The van der Waals surface area contributed by atoms with Crippen molar-refractivity contribution in [2.75, 3.05) is 4.43 Å². The molecule has 2 aromatic heterocycles. The zero-order valence-corrected chi connectivity index (χ0v) is 13.1. The second-order valence-corrected chi connectivity index (χ2v) is 5.19. The van der Waals surface area contributed by atoms with Crippen LogP contribution in [0.4, 0.5) is 0 Å². The molecule has 2 aromatic rings. The maximum Gasteiger partial charge on any atom is 0.277 e. The Balaban J connectivity index is 2.64. The molecule has 7 heteroatoms. The minimum absolute atomic E-state index is 0.101. The monoisotopic (exact) mass is 375 g/mol. The molecule has 0 aliphatic carbocycles. The van der Waals surface area contributed by atoms with E-state index in [-0.39, 0.29) is 23.6 Å². The molecule has 0 atom stereocenters. The molecule has 1 amide bonds. The van der Waals surface area contributed by atoms with Gasteiger partial charge in [-0.25, -0.2) is 4.52 Å². The van der Waals surface area contributed by atoms with E-state index in [0.717, 1.165) is 10.2 Å². The van der Waals surface area contributed by atoms with Crippen LogP contribution in [0.2, 0.25) is 0 Å². The first-order valence-electron chi connectivity index (χ1n) is 5.78. The Morgan fingerprint density at radius 2 is 1.68 bits per heavy atom. The number of amides is 1. The molecular formula is C12H14IN3O3. The van der Waals surface area contributed by atoms with Crippen LogP contribution in [0, 0.1) is 20.8 Å². The summed E-state index contributed by atoms with van der Waals surface area (Å²) in [6.45, 7) is 5.40. The Morgan fingerprint density at radius 3 is 2.26 bits per heavy atom. The van der Waals surface area contributed by atoms with E-state index < -0.39 is 0 Å². The first kappa shape index (κ1) is 14.0. The molecule has 0 aliphatic rings. The fourth-order valence-electron chi connectivity index (χ4n) is 2.10. The van der Waals surface area contributed by atoms with Crippen molar-refractivity contribution in [1.82, 2.24) is 14.3 Å². The number of carbonyl (C=O) groups is 1. The Labute approximate surface area is 122 Å². The number of halogens is 1. The summed E-state index contributed by atoms with van der Waals surface area (Å²) in [5, 5.41) is 2.73. The van der Waals surface area contributed by atoms with Crippen LogP contribution in [0.3, 0.4) is 0 Å². The first-order chi connectivity index (χ1) is 8.90. The van der Waals surface area contributed by atoms with E-state index in [4.69, 9.17) is 0 Å². The van der Waals surface area contributed by atoms with Crippen molar-refractivity contribution in [1.29, 1.82) is 0 Å². The van der Waals surface area contributed by atoms with Crippen LogP contribution in [0.1, 0.15) is 22.5 Å². The average Bonchev–Trinajstić information content (AvgIpc) is 2.77. The van der Waals surface area contributed by atoms with Gasteiger partial charge in [0.25, 0.3) is 11.1 Å². The van der Waals surface area contributed by atoms with Gasteiger partial charge in [-0.3, -0.25) is 14.4 Å². The van der Waals surface area contributed by atoms with E-state index in [0.29, 0.717) is 21.2 Å². The highest BCUT2D eigenvalue weighted by Crippen LogP contribution is 2.09. The van der Waals surface area contributed by atoms with Crippen molar-refractivity contribution in [3.8, 4) is 0 Å². The highest BCUT2D eigenvalue weighted by Gasteiger charge is 2.20. The van der Waals surface area contributed by atoms with Gasteiger partial charge in [-0.15, -0.1) is 0 Å². The van der Waals surface area contributed by atoms with Crippen molar-refractivity contribution < 1.29 is 4.79 Å². The van der Waals surface area contributed by atoms with Crippen LogP contribution in [0.25, 0.3) is 0 Å². The number of rotatable bonds is 3. The minimum atomic E-state index is -0.320. The molecule has 0 bridgehead atoms. The average molecular weight is 375 g/mol. The quantitative estimate of drug-likeness (QED) is 0.615. The van der Waals surface area contributed by atoms with Gasteiger partial charge in [-0.1, -0.05) is 22.6 Å². The summed E-state index contributed by atoms with van der Waals surface area (Å²) in [5.74, 6) is -0.101. The molecule has 1 N–H and O–H groups in total. The molecule has 0 aromatic carbocycles. The lowest BCUT2D eigenvalue weighted by atomic mass is 10.2. The lowest BCUT2D eigenvalue weighted by Crippen LogP contribution is -2.25. The molecule has 6 nitrogen and oxygen atoms in total. The Hall–Kier alpha value is -1.38. The van der Waals surface area contributed by atoms with Crippen LogP contribution in [0.15, 0.2) is 9.59 Å². The van der Waals surface area contributed by atoms with E-state index in [9.17, 15) is 14.4 Å². The number of hydrogen-bond acceptors (Lipinski definition) is 3. The van der Waals surface area contributed by atoms with Gasteiger partial charge in [0.1, 0.15) is 0 Å². The van der Waals surface area contributed by atoms with Crippen LogP contribution in [0.5, 0.6) is 0 Å². The topological polar surface area (TPSA) is 72.1 Å². The Kier molecular flexibility index (Phi) is 3.66. The highest BCUT2D eigenvalue weighted by atomic mass is 127. The van der Waals surface area contributed by atoms with E-state index in [2.05, 4.69) is 5.32 Å². The molecule has 0 fully saturated rings. The number of hydrogen-bond donors (Lipinski definition) is 1. The molecule has 0 saturated carbocycles. The second-order valence-electron chi connectivity index (χ2n) is 4.43. The van der Waals surface area contributed by atoms with Gasteiger partial charge in [0.05, 0.1) is 16.7 Å². The number of carbonyl (C=O) groups excluding carboxylic acids is 1. The lowest BCUT2D eigenvalue weighted by Gasteiger charge is -2.05. The third-order valence-electron chi connectivity index (χ3n) is 3.35. The lowest BCUT2D eigenvalue weighted by molar-refractivity contribution is -0.118. The zero-order chi connectivity index (χ0) is 14.3. The smallest absolute Gasteiger partial charge is 0.277 e. The molecule has 19 heavy (non-hydrogen) atoms. The maximum atomic E-state index is 12.1. The predicted octanol–water partition coefficient (Wildman–Crippen LogP) is 0.173. The van der Waals surface area contributed by atoms with Gasteiger partial charge >= 0.3 is 0 Å². The first-order valence-corrected chi connectivity index (χ1v) is 7.31. The van der Waals surface area contributed by atoms with E-state index in [1.165, 1.54) is 0 Å². The van der Waals surface area contributed by atoms with Crippen LogP contribution < -0.4 is 16.4 Å². The second kappa shape index (κ2) is 4.95. The van der Waals surface area contributed by atoms with Gasteiger partial charge < -0.3 is 5.32 Å². The van der Waals surface area contributed by atoms with E-state index in [1.54, 1.807) is 25.3 Å².